The number of unbranched alkanes of at least 4 members (excludes halogenated alkanes) is 1. The summed E-state index contributed by atoms with van der Waals surface area (Å²) in [6.45, 7) is 11.2. The topological polar surface area (TPSA) is 21.3 Å². The summed E-state index contributed by atoms with van der Waals surface area (Å²) in [6, 6.07) is 0. The summed E-state index contributed by atoms with van der Waals surface area (Å²) >= 11 is 0. The Morgan fingerprint density at radius 3 is 2.71 bits per heavy atom. The zero-order valence-corrected chi connectivity index (χ0v) is 9.94. The Kier molecular flexibility index (Phi) is 7.81. The van der Waals surface area contributed by atoms with Crippen molar-refractivity contribution in [3.8, 4) is 0 Å². The van der Waals surface area contributed by atoms with Gasteiger partial charge in [0.05, 0.1) is 0 Å². The van der Waals surface area contributed by atoms with Crippen LogP contribution in [0.1, 0.15) is 33.1 Å². The van der Waals surface area contributed by atoms with Gasteiger partial charge in [-0.15, -0.1) is 6.58 Å². The van der Waals surface area contributed by atoms with Crippen LogP contribution in [0.25, 0.3) is 0 Å². The average Bonchev–Trinajstić information content (AvgIpc) is 2.15. The number of rotatable bonds is 9. The fraction of sp³-hybridized carbons (Fsp3) is 0.833. The normalized spacial score (nSPS) is 11.6. The van der Waals surface area contributed by atoms with Gasteiger partial charge >= 0.3 is 0 Å². The van der Waals surface area contributed by atoms with Crippen LogP contribution in [-0.2, 0) is 4.74 Å². The standard InChI is InChI=1S/C12H25NO/c1-5-6-7-9-13-11-12(2,3)8-10-14-4/h5,13H,1,6-11H2,2-4H3. The first kappa shape index (κ1) is 13.7. The molecule has 2 nitrogen and oxygen atoms in total. The molecule has 2 heteroatoms. The summed E-state index contributed by atoms with van der Waals surface area (Å²) in [4.78, 5) is 0. The van der Waals surface area contributed by atoms with Crippen LogP contribution in [0.3, 0.4) is 0 Å². The highest BCUT2D eigenvalue weighted by molar-refractivity contribution is 4.72. The van der Waals surface area contributed by atoms with E-state index in [1.807, 2.05) is 6.08 Å². The lowest BCUT2D eigenvalue weighted by Crippen LogP contribution is -2.31. The number of allylic oxidation sites excluding steroid dienone is 1. The molecular formula is C12H25NO. The highest BCUT2D eigenvalue weighted by Crippen LogP contribution is 2.18. The minimum atomic E-state index is 0.337. The van der Waals surface area contributed by atoms with Gasteiger partial charge in [-0.1, -0.05) is 19.9 Å². The van der Waals surface area contributed by atoms with Crippen molar-refractivity contribution in [1.82, 2.24) is 5.32 Å². The van der Waals surface area contributed by atoms with Crippen LogP contribution < -0.4 is 5.32 Å². The molecule has 0 spiro atoms. The molecule has 14 heavy (non-hydrogen) atoms. The van der Waals surface area contributed by atoms with Gasteiger partial charge in [-0.05, 0) is 31.2 Å². The Morgan fingerprint density at radius 1 is 1.43 bits per heavy atom. The molecule has 0 saturated heterocycles. The predicted molar refractivity (Wildman–Crippen MR) is 62.6 cm³/mol. The van der Waals surface area contributed by atoms with E-state index in [4.69, 9.17) is 4.74 Å². The van der Waals surface area contributed by atoms with Crippen molar-refractivity contribution in [3.05, 3.63) is 12.7 Å². The minimum Gasteiger partial charge on any atom is -0.385 e. The Balaban J connectivity index is 3.39. The molecule has 0 fully saturated rings. The SMILES string of the molecule is C=CCCCNCC(C)(C)CCOC. The molecule has 0 aliphatic carbocycles. The van der Waals surface area contributed by atoms with Crippen molar-refractivity contribution in [1.29, 1.82) is 0 Å². The number of methoxy groups -OCH3 is 1. The zero-order chi connectivity index (χ0) is 10.9. The molecule has 0 aromatic rings. The van der Waals surface area contributed by atoms with Crippen molar-refractivity contribution in [2.24, 2.45) is 5.41 Å². The van der Waals surface area contributed by atoms with Crippen LogP contribution in [0.2, 0.25) is 0 Å². The molecule has 0 aromatic carbocycles. The molecular weight excluding hydrogens is 174 g/mol. The van der Waals surface area contributed by atoms with Gasteiger partial charge in [-0.2, -0.15) is 0 Å². The van der Waals surface area contributed by atoms with Gasteiger partial charge in [0.2, 0.25) is 0 Å². The van der Waals surface area contributed by atoms with E-state index in [1.165, 1.54) is 6.42 Å². The molecule has 1 N–H and O–H groups in total. The first-order valence-electron chi connectivity index (χ1n) is 5.43. The molecule has 0 unspecified atom stereocenters. The Bertz CT molecular complexity index is 143. The fourth-order valence-electron chi connectivity index (χ4n) is 1.26. The molecule has 0 bridgehead atoms. The second-order valence-electron chi connectivity index (χ2n) is 4.51. The molecule has 84 valence electrons. The monoisotopic (exact) mass is 199 g/mol. The first-order chi connectivity index (χ1) is 6.62. The molecule has 0 radical (unpaired) electrons. The van der Waals surface area contributed by atoms with E-state index in [-0.39, 0.29) is 0 Å². The highest BCUT2D eigenvalue weighted by Gasteiger charge is 2.16. The minimum absolute atomic E-state index is 0.337. The van der Waals surface area contributed by atoms with Crippen LogP contribution in [0.4, 0.5) is 0 Å². The maximum Gasteiger partial charge on any atom is 0.0467 e. The average molecular weight is 199 g/mol. The van der Waals surface area contributed by atoms with Crippen molar-refractivity contribution < 1.29 is 4.74 Å². The predicted octanol–water partition coefficient (Wildman–Crippen LogP) is 2.60. The molecule has 0 aliphatic heterocycles. The van der Waals surface area contributed by atoms with Gasteiger partial charge in [0, 0.05) is 20.3 Å². The number of ether oxygens (including phenoxy) is 1. The summed E-state index contributed by atoms with van der Waals surface area (Å²) in [6.07, 6.45) is 5.37. The summed E-state index contributed by atoms with van der Waals surface area (Å²) in [5, 5.41) is 3.47. The van der Waals surface area contributed by atoms with Crippen molar-refractivity contribution >= 4 is 0 Å². The van der Waals surface area contributed by atoms with E-state index in [1.54, 1.807) is 7.11 Å². The fourth-order valence-corrected chi connectivity index (χ4v) is 1.26. The van der Waals surface area contributed by atoms with E-state index in [2.05, 4.69) is 25.7 Å². The van der Waals surface area contributed by atoms with E-state index >= 15 is 0 Å². The summed E-state index contributed by atoms with van der Waals surface area (Å²) in [7, 11) is 1.76. The smallest absolute Gasteiger partial charge is 0.0467 e. The van der Waals surface area contributed by atoms with E-state index in [0.29, 0.717) is 5.41 Å². The number of hydrogen-bond donors (Lipinski definition) is 1. The van der Waals surface area contributed by atoms with Crippen molar-refractivity contribution in [2.75, 3.05) is 26.8 Å². The van der Waals surface area contributed by atoms with Crippen LogP contribution in [0, 0.1) is 5.41 Å². The third-order valence-electron chi connectivity index (χ3n) is 2.35. The summed E-state index contributed by atoms with van der Waals surface area (Å²) in [5.41, 5.74) is 0.337. The second-order valence-corrected chi connectivity index (χ2v) is 4.51. The Morgan fingerprint density at radius 2 is 2.14 bits per heavy atom. The van der Waals surface area contributed by atoms with Crippen molar-refractivity contribution in [2.45, 2.75) is 33.1 Å². The lowest BCUT2D eigenvalue weighted by atomic mass is 9.90. The van der Waals surface area contributed by atoms with Crippen LogP contribution >= 0.6 is 0 Å². The Hall–Kier alpha value is -0.340. The maximum absolute atomic E-state index is 5.08. The van der Waals surface area contributed by atoms with Crippen LogP contribution in [0.5, 0.6) is 0 Å². The zero-order valence-electron chi connectivity index (χ0n) is 9.94. The molecule has 0 aromatic heterocycles. The summed E-state index contributed by atoms with van der Waals surface area (Å²) < 4.78 is 5.08. The van der Waals surface area contributed by atoms with Gasteiger partial charge in [0.15, 0.2) is 0 Å². The maximum atomic E-state index is 5.08. The Labute approximate surface area is 88.7 Å². The largest absolute Gasteiger partial charge is 0.385 e. The first-order valence-corrected chi connectivity index (χ1v) is 5.43. The third-order valence-corrected chi connectivity index (χ3v) is 2.35. The molecule has 0 heterocycles. The third kappa shape index (κ3) is 8.27. The van der Waals surface area contributed by atoms with Gasteiger partial charge in [-0.3, -0.25) is 0 Å². The molecule has 0 saturated carbocycles. The number of nitrogens with one attached hydrogen (secondary N) is 1. The van der Waals surface area contributed by atoms with Crippen LogP contribution in [0.15, 0.2) is 12.7 Å². The molecule has 0 aliphatic rings. The lowest BCUT2D eigenvalue weighted by Gasteiger charge is -2.24. The van der Waals surface area contributed by atoms with Gasteiger partial charge in [0.25, 0.3) is 0 Å². The van der Waals surface area contributed by atoms with E-state index in [9.17, 15) is 0 Å². The van der Waals surface area contributed by atoms with E-state index < -0.39 is 0 Å². The van der Waals surface area contributed by atoms with Gasteiger partial charge < -0.3 is 10.1 Å². The van der Waals surface area contributed by atoms with Gasteiger partial charge in [-0.25, -0.2) is 0 Å². The highest BCUT2D eigenvalue weighted by atomic mass is 16.5. The molecule has 0 amide bonds. The second kappa shape index (κ2) is 8.01. The number of hydrogen-bond acceptors (Lipinski definition) is 2. The van der Waals surface area contributed by atoms with Gasteiger partial charge in [0.1, 0.15) is 0 Å². The van der Waals surface area contributed by atoms with E-state index in [0.717, 1.165) is 32.5 Å². The summed E-state index contributed by atoms with van der Waals surface area (Å²) in [5.74, 6) is 0. The molecule has 0 rings (SSSR count). The lowest BCUT2D eigenvalue weighted by molar-refractivity contribution is 0.151. The molecule has 0 atom stereocenters. The quantitative estimate of drug-likeness (QED) is 0.455. The van der Waals surface area contributed by atoms with Crippen molar-refractivity contribution in [3.63, 3.8) is 0 Å². The van der Waals surface area contributed by atoms with Crippen LogP contribution in [-0.4, -0.2) is 26.8 Å².